The molecule has 3 rings (SSSR count). The highest BCUT2D eigenvalue weighted by Gasteiger charge is 2.38. The number of rotatable bonds is 1. The Hall–Kier alpha value is -2.36. The molecule has 1 N–H and O–H groups in total. The molecule has 0 unspecified atom stereocenters. The van der Waals surface area contributed by atoms with E-state index in [9.17, 15) is 9.90 Å². The van der Waals surface area contributed by atoms with Gasteiger partial charge in [0.25, 0.3) is 0 Å². The lowest BCUT2D eigenvalue weighted by Crippen LogP contribution is -2.38. The van der Waals surface area contributed by atoms with Crippen LogP contribution in [0, 0.1) is 0 Å². The molecule has 0 saturated heterocycles. The first kappa shape index (κ1) is 8.91. The SMILES string of the molecule is O=C1C(c2ccccc2)=C(O)[n+]2cccn21. The average molecular weight is 213 g/mol. The van der Waals surface area contributed by atoms with Crippen molar-refractivity contribution in [3.8, 4) is 0 Å². The molecule has 1 aliphatic heterocycles. The predicted octanol–water partition coefficient (Wildman–Crippen LogP) is 1.31. The molecule has 1 aromatic heterocycles. The standard InChI is InChI=1S/C12H8N2O2/c15-11-10(9-5-2-1-3-6-9)12(16)14-8-4-7-13(11)14/h1-8H/p+1. The molecule has 0 atom stereocenters. The molecule has 2 aromatic rings. The van der Waals surface area contributed by atoms with Crippen molar-refractivity contribution in [1.29, 1.82) is 0 Å². The number of hydrogen-bond donors (Lipinski definition) is 1. The fourth-order valence-corrected chi connectivity index (χ4v) is 1.87. The van der Waals surface area contributed by atoms with Crippen LogP contribution in [0.25, 0.3) is 11.5 Å². The van der Waals surface area contributed by atoms with Crippen LogP contribution < -0.4 is 4.68 Å². The van der Waals surface area contributed by atoms with E-state index < -0.39 is 0 Å². The van der Waals surface area contributed by atoms with Crippen LogP contribution in [0.3, 0.4) is 0 Å². The largest absolute Gasteiger partial charge is 0.457 e. The summed E-state index contributed by atoms with van der Waals surface area (Å²) in [5, 5.41) is 9.95. The number of fused-ring (bicyclic) bond motifs is 1. The van der Waals surface area contributed by atoms with Crippen LogP contribution in [0.5, 0.6) is 0 Å². The summed E-state index contributed by atoms with van der Waals surface area (Å²) in [7, 11) is 0. The normalized spacial score (nSPS) is 14.4. The molecule has 0 amide bonds. The minimum atomic E-state index is -0.214. The molecule has 0 fully saturated rings. The number of aliphatic hydroxyl groups excluding tert-OH is 1. The number of nitrogens with zero attached hydrogens (tertiary/aromatic N) is 2. The van der Waals surface area contributed by atoms with Gasteiger partial charge in [-0.2, -0.15) is 0 Å². The number of carbonyl (C=O) groups excluding carboxylic acids is 1. The fraction of sp³-hybridized carbons (Fsp3) is 0. The van der Waals surface area contributed by atoms with Crippen LogP contribution in [-0.4, -0.2) is 15.7 Å². The van der Waals surface area contributed by atoms with Gasteiger partial charge >= 0.3 is 11.8 Å². The van der Waals surface area contributed by atoms with Crippen molar-refractivity contribution in [2.24, 2.45) is 0 Å². The van der Waals surface area contributed by atoms with Crippen molar-refractivity contribution in [3.63, 3.8) is 0 Å². The smallest absolute Gasteiger partial charge is 0.409 e. The van der Waals surface area contributed by atoms with Crippen LogP contribution in [0.4, 0.5) is 0 Å². The number of benzene rings is 1. The Morgan fingerprint density at radius 2 is 1.88 bits per heavy atom. The highest BCUT2D eigenvalue weighted by atomic mass is 16.3. The maximum Gasteiger partial charge on any atom is 0.409 e. The summed E-state index contributed by atoms with van der Waals surface area (Å²) in [5.41, 5.74) is 1.06. The Balaban J connectivity index is 2.22. The molecule has 2 heterocycles. The van der Waals surface area contributed by atoms with E-state index in [1.165, 1.54) is 9.36 Å². The highest BCUT2D eigenvalue weighted by Crippen LogP contribution is 2.22. The average Bonchev–Trinajstić information content (AvgIpc) is 2.86. The third-order valence-electron chi connectivity index (χ3n) is 2.61. The van der Waals surface area contributed by atoms with Crippen LogP contribution in [0.15, 0.2) is 48.8 Å². The second-order valence-electron chi connectivity index (χ2n) is 3.55. The lowest BCUT2D eigenvalue weighted by atomic mass is 10.1. The van der Waals surface area contributed by atoms with E-state index in [0.717, 1.165) is 5.56 Å². The molecule has 1 aromatic carbocycles. The zero-order valence-electron chi connectivity index (χ0n) is 8.37. The molecule has 0 radical (unpaired) electrons. The summed E-state index contributed by atoms with van der Waals surface area (Å²) >= 11 is 0. The Morgan fingerprint density at radius 1 is 1.12 bits per heavy atom. The van der Waals surface area contributed by atoms with Gasteiger partial charge in [-0.25, -0.2) is 0 Å². The molecule has 1 aliphatic rings. The van der Waals surface area contributed by atoms with Crippen molar-refractivity contribution in [1.82, 2.24) is 4.68 Å². The molecule has 0 aliphatic carbocycles. The van der Waals surface area contributed by atoms with E-state index >= 15 is 0 Å². The first-order valence-corrected chi connectivity index (χ1v) is 4.92. The maximum atomic E-state index is 12.0. The van der Waals surface area contributed by atoms with Crippen LogP contribution in [0.1, 0.15) is 10.4 Å². The zero-order chi connectivity index (χ0) is 11.1. The minimum absolute atomic E-state index is 0.0267. The van der Waals surface area contributed by atoms with Crippen molar-refractivity contribution >= 4 is 17.4 Å². The number of hydrogen-bond acceptors (Lipinski definition) is 2. The van der Waals surface area contributed by atoms with Crippen LogP contribution in [-0.2, 0) is 0 Å². The molecular weight excluding hydrogens is 204 g/mol. The number of aliphatic hydroxyl groups is 1. The van der Waals surface area contributed by atoms with Gasteiger partial charge in [0, 0.05) is 6.07 Å². The fourth-order valence-electron chi connectivity index (χ4n) is 1.87. The molecule has 0 spiro atoms. The monoisotopic (exact) mass is 213 g/mol. The second-order valence-corrected chi connectivity index (χ2v) is 3.55. The van der Waals surface area contributed by atoms with Gasteiger partial charge in [0.2, 0.25) is 6.20 Å². The first-order valence-electron chi connectivity index (χ1n) is 4.92. The molecular formula is C12H9N2O2+. The molecule has 16 heavy (non-hydrogen) atoms. The minimum Gasteiger partial charge on any atom is -0.457 e. The summed E-state index contributed by atoms with van der Waals surface area (Å²) in [6, 6.07) is 10.8. The summed E-state index contributed by atoms with van der Waals surface area (Å²) in [4.78, 5) is 12.0. The van der Waals surface area contributed by atoms with Gasteiger partial charge < -0.3 is 5.11 Å². The van der Waals surface area contributed by atoms with Gasteiger partial charge in [-0.15, -0.1) is 0 Å². The number of aromatic nitrogens is 2. The highest BCUT2D eigenvalue weighted by molar-refractivity contribution is 6.25. The van der Waals surface area contributed by atoms with E-state index in [0.29, 0.717) is 5.57 Å². The molecule has 4 nitrogen and oxygen atoms in total. The van der Waals surface area contributed by atoms with Crippen LogP contribution in [0.2, 0.25) is 0 Å². The summed E-state index contributed by atoms with van der Waals surface area (Å²) < 4.78 is 2.79. The summed E-state index contributed by atoms with van der Waals surface area (Å²) in [6.07, 6.45) is 3.26. The lowest BCUT2D eigenvalue weighted by molar-refractivity contribution is -0.669. The molecule has 0 bridgehead atoms. The Morgan fingerprint density at radius 3 is 2.56 bits per heavy atom. The number of allylic oxidation sites excluding steroid dienone is 1. The van der Waals surface area contributed by atoms with Crippen molar-refractivity contribution in [2.45, 2.75) is 0 Å². The third-order valence-corrected chi connectivity index (χ3v) is 2.61. The second kappa shape index (κ2) is 3.06. The van der Waals surface area contributed by atoms with Gasteiger partial charge in [-0.05, 0) is 10.2 Å². The molecule has 0 saturated carbocycles. The van der Waals surface area contributed by atoms with Gasteiger partial charge in [0.1, 0.15) is 0 Å². The lowest BCUT2D eigenvalue weighted by Gasteiger charge is -1.95. The summed E-state index contributed by atoms with van der Waals surface area (Å²) in [6.45, 7) is 0. The van der Waals surface area contributed by atoms with Gasteiger partial charge in [0.05, 0.1) is 6.20 Å². The predicted molar refractivity (Wildman–Crippen MR) is 57.4 cm³/mol. The van der Waals surface area contributed by atoms with E-state index in [4.69, 9.17) is 0 Å². The van der Waals surface area contributed by atoms with Crippen molar-refractivity contribution in [2.75, 3.05) is 0 Å². The van der Waals surface area contributed by atoms with E-state index in [1.807, 2.05) is 18.2 Å². The van der Waals surface area contributed by atoms with Crippen LogP contribution >= 0.6 is 0 Å². The third kappa shape index (κ3) is 1.04. The topological polar surface area (TPSA) is 46.1 Å². The van der Waals surface area contributed by atoms with Gasteiger partial charge in [-0.3, -0.25) is 4.79 Å². The van der Waals surface area contributed by atoms with E-state index in [1.54, 1.807) is 30.6 Å². The van der Waals surface area contributed by atoms with Crippen molar-refractivity contribution < 1.29 is 14.6 Å². The molecule has 4 heteroatoms. The quantitative estimate of drug-likeness (QED) is 0.726. The Bertz CT molecular complexity index is 596. The first-order chi connectivity index (χ1) is 7.79. The Labute approximate surface area is 91.7 Å². The van der Waals surface area contributed by atoms with E-state index in [2.05, 4.69) is 0 Å². The Kier molecular flexibility index (Phi) is 1.71. The van der Waals surface area contributed by atoms with Crippen molar-refractivity contribution in [3.05, 3.63) is 54.4 Å². The van der Waals surface area contributed by atoms with Gasteiger partial charge in [0.15, 0.2) is 5.57 Å². The van der Waals surface area contributed by atoms with E-state index in [-0.39, 0.29) is 11.8 Å². The zero-order valence-corrected chi connectivity index (χ0v) is 8.37. The number of carbonyl (C=O) groups is 1. The molecule has 78 valence electrons. The maximum absolute atomic E-state index is 12.0. The summed E-state index contributed by atoms with van der Waals surface area (Å²) in [5.74, 6) is -0.241. The van der Waals surface area contributed by atoms with Gasteiger partial charge in [-0.1, -0.05) is 35.0 Å².